The molecule has 0 atom stereocenters. The molecular formula is C25H52IN. The molecule has 1 nitrogen and oxygen atoms in total. The Balaban J connectivity index is 0.00000676. The van der Waals surface area contributed by atoms with Crippen LogP contribution in [0.5, 0.6) is 0 Å². The molecule has 1 aliphatic rings. The van der Waals surface area contributed by atoms with E-state index in [9.17, 15) is 0 Å². The fourth-order valence-corrected chi connectivity index (χ4v) is 4.72. The summed E-state index contributed by atoms with van der Waals surface area (Å²) in [6, 6.07) is 0. The van der Waals surface area contributed by atoms with Gasteiger partial charge in [-0.1, -0.05) is 110 Å². The molecule has 27 heavy (non-hydrogen) atoms. The number of halogens is 1. The highest BCUT2D eigenvalue weighted by Gasteiger charge is 2.25. The molecule has 0 bridgehead atoms. The molecule has 0 aliphatic carbocycles. The van der Waals surface area contributed by atoms with E-state index >= 15 is 0 Å². The molecule has 2 heteroatoms. The van der Waals surface area contributed by atoms with Crippen molar-refractivity contribution in [1.82, 2.24) is 0 Å². The third-order valence-corrected chi connectivity index (χ3v) is 6.70. The van der Waals surface area contributed by atoms with Crippen molar-refractivity contribution in [3.8, 4) is 0 Å². The van der Waals surface area contributed by atoms with Gasteiger partial charge in [0.05, 0.1) is 26.7 Å². The number of nitrogens with zero attached hydrogens (tertiary/aromatic N) is 1. The van der Waals surface area contributed by atoms with Crippen LogP contribution in [0.4, 0.5) is 0 Å². The van der Waals surface area contributed by atoms with Crippen LogP contribution in [0, 0.1) is 0 Å². The van der Waals surface area contributed by atoms with Crippen LogP contribution in [0.3, 0.4) is 0 Å². The van der Waals surface area contributed by atoms with Crippen LogP contribution in [0.1, 0.15) is 135 Å². The van der Waals surface area contributed by atoms with Gasteiger partial charge in [-0.05, 0) is 12.8 Å². The summed E-state index contributed by atoms with van der Waals surface area (Å²) in [6.45, 7) is 6.63. The number of hydrogen-bond acceptors (Lipinski definition) is 0. The van der Waals surface area contributed by atoms with E-state index in [1.165, 1.54) is 153 Å². The van der Waals surface area contributed by atoms with Crippen molar-refractivity contribution in [1.29, 1.82) is 0 Å². The lowest BCUT2D eigenvalue weighted by molar-refractivity contribution is -0.897. The molecule has 0 radical (unpaired) electrons. The lowest BCUT2D eigenvalue weighted by Crippen LogP contribution is -3.00. The number of hydrogen-bond donors (Lipinski definition) is 0. The standard InChI is InChI=1S/C25H52N.HI/c1-3-4-5-6-7-8-9-10-11-12-13-14-15-16-17-18-19-20-23-26(2)24-21-22-25-26;/h3-25H2,1-2H3;1H/q+1;/p-1. The van der Waals surface area contributed by atoms with E-state index in [0.717, 1.165) is 0 Å². The minimum atomic E-state index is 0. The van der Waals surface area contributed by atoms with E-state index in [2.05, 4.69) is 14.0 Å². The van der Waals surface area contributed by atoms with Gasteiger partial charge in [-0.15, -0.1) is 0 Å². The Morgan fingerprint density at radius 3 is 1.11 bits per heavy atom. The Kier molecular flexibility index (Phi) is 20.5. The zero-order valence-corrected chi connectivity index (χ0v) is 21.2. The fourth-order valence-electron chi connectivity index (χ4n) is 4.72. The highest BCUT2D eigenvalue weighted by Crippen LogP contribution is 2.18. The van der Waals surface area contributed by atoms with Crippen LogP contribution in [0.25, 0.3) is 0 Å². The second kappa shape index (κ2) is 20.0. The maximum absolute atomic E-state index is 2.47. The molecule has 1 saturated heterocycles. The minimum absolute atomic E-state index is 0. The second-order valence-electron chi connectivity index (χ2n) is 9.51. The van der Waals surface area contributed by atoms with E-state index in [-0.39, 0.29) is 24.0 Å². The first-order chi connectivity index (χ1) is 12.8. The van der Waals surface area contributed by atoms with Crippen LogP contribution in [-0.4, -0.2) is 31.2 Å². The molecule has 0 saturated carbocycles. The Labute approximate surface area is 190 Å². The second-order valence-corrected chi connectivity index (χ2v) is 9.51. The van der Waals surface area contributed by atoms with Crippen molar-refractivity contribution in [3.05, 3.63) is 0 Å². The van der Waals surface area contributed by atoms with Gasteiger partial charge in [0.15, 0.2) is 0 Å². The summed E-state index contributed by atoms with van der Waals surface area (Å²) < 4.78 is 1.37. The summed E-state index contributed by atoms with van der Waals surface area (Å²) in [5.41, 5.74) is 0. The van der Waals surface area contributed by atoms with Crippen molar-refractivity contribution in [2.75, 3.05) is 26.7 Å². The average molecular weight is 494 g/mol. The van der Waals surface area contributed by atoms with Gasteiger partial charge < -0.3 is 28.5 Å². The van der Waals surface area contributed by atoms with Crippen molar-refractivity contribution >= 4 is 0 Å². The van der Waals surface area contributed by atoms with Crippen molar-refractivity contribution in [3.63, 3.8) is 0 Å². The summed E-state index contributed by atoms with van der Waals surface area (Å²) in [5, 5.41) is 0. The highest BCUT2D eigenvalue weighted by molar-refractivity contribution is 4.53. The smallest absolute Gasteiger partial charge is 0.0786 e. The van der Waals surface area contributed by atoms with Gasteiger partial charge in [-0.2, -0.15) is 0 Å². The maximum Gasteiger partial charge on any atom is 0.0786 e. The monoisotopic (exact) mass is 493 g/mol. The molecule has 1 heterocycles. The Morgan fingerprint density at radius 1 is 0.481 bits per heavy atom. The predicted molar refractivity (Wildman–Crippen MR) is 119 cm³/mol. The SMILES string of the molecule is CCCCCCCCCCCCCCCCCCCC[N+]1(C)CCCC1.[I-]. The van der Waals surface area contributed by atoms with Crippen LogP contribution in [0.15, 0.2) is 0 Å². The van der Waals surface area contributed by atoms with E-state index in [1.807, 2.05) is 0 Å². The highest BCUT2D eigenvalue weighted by atomic mass is 127. The van der Waals surface area contributed by atoms with Crippen molar-refractivity contribution in [2.24, 2.45) is 0 Å². The van der Waals surface area contributed by atoms with E-state index in [0.29, 0.717) is 0 Å². The summed E-state index contributed by atoms with van der Waals surface area (Å²) in [5.74, 6) is 0. The minimum Gasteiger partial charge on any atom is -1.00 e. The molecule has 0 aromatic rings. The molecule has 0 aromatic heterocycles. The zero-order chi connectivity index (χ0) is 18.8. The number of rotatable bonds is 19. The molecule has 0 unspecified atom stereocenters. The third kappa shape index (κ3) is 17.3. The largest absolute Gasteiger partial charge is 1.00 e. The Bertz CT molecular complexity index is 286. The van der Waals surface area contributed by atoms with Crippen LogP contribution in [0.2, 0.25) is 0 Å². The first-order valence-electron chi connectivity index (χ1n) is 12.6. The van der Waals surface area contributed by atoms with Gasteiger partial charge in [0.2, 0.25) is 0 Å². The number of likely N-dealkylation sites (tertiary alicyclic amines) is 1. The molecule has 1 aliphatic heterocycles. The Hall–Kier alpha value is 0.690. The lowest BCUT2D eigenvalue weighted by Gasteiger charge is -2.29. The molecule has 1 fully saturated rings. The summed E-state index contributed by atoms with van der Waals surface area (Å²) >= 11 is 0. The molecule has 0 aromatic carbocycles. The topological polar surface area (TPSA) is 0 Å². The molecule has 0 spiro atoms. The van der Waals surface area contributed by atoms with Gasteiger partial charge in [0.25, 0.3) is 0 Å². The fraction of sp³-hybridized carbons (Fsp3) is 1.00. The quantitative estimate of drug-likeness (QED) is 0.131. The third-order valence-electron chi connectivity index (χ3n) is 6.70. The Morgan fingerprint density at radius 2 is 0.778 bits per heavy atom. The van der Waals surface area contributed by atoms with Crippen molar-refractivity contribution in [2.45, 2.75) is 135 Å². The molecule has 164 valence electrons. The predicted octanol–water partition coefficient (Wildman–Crippen LogP) is 5.27. The van der Waals surface area contributed by atoms with Gasteiger partial charge in [0.1, 0.15) is 0 Å². The average Bonchev–Trinajstić information content (AvgIpc) is 3.07. The molecular weight excluding hydrogens is 441 g/mol. The normalized spacial score (nSPS) is 15.8. The van der Waals surface area contributed by atoms with Crippen LogP contribution >= 0.6 is 0 Å². The van der Waals surface area contributed by atoms with Gasteiger partial charge in [0, 0.05) is 12.8 Å². The zero-order valence-electron chi connectivity index (χ0n) is 19.1. The first-order valence-corrected chi connectivity index (χ1v) is 12.6. The summed E-state index contributed by atoms with van der Waals surface area (Å²) in [6.07, 6.45) is 29.5. The number of quaternary nitrogens is 1. The summed E-state index contributed by atoms with van der Waals surface area (Å²) in [7, 11) is 2.47. The van der Waals surface area contributed by atoms with Crippen LogP contribution < -0.4 is 24.0 Å². The molecule has 1 rings (SSSR count). The molecule has 0 N–H and O–H groups in total. The van der Waals surface area contributed by atoms with Gasteiger partial charge >= 0.3 is 0 Å². The van der Waals surface area contributed by atoms with E-state index in [1.54, 1.807) is 0 Å². The summed E-state index contributed by atoms with van der Waals surface area (Å²) in [4.78, 5) is 0. The van der Waals surface area contributed by atoms with Gasteiger partial charge in [-0.3, -0.25) is 0 Å². The lowest BCUT2D eigenvalue weighted by atomic mass is 10.0. The van der Waals surface area contributed by atoms with Gasteiger partial charge in [-0.25, -0.2) is 0 Å². The molecule has 0 amide bonds. The van der Waals surface area contributed by atoms with E-state index < -0.39 is 0 Å². The van der Waals surface area contributed by atoms with Crippen LogP contribution in [-0.2, 0) is 0 Å². The van der Waals surface area contributed by atoms with E-state index in [4.69, 9.17) is 0 Å². The number of unbranched alkanes of at least 4 members (excludes halogenated alkanes) is 17. The van der Waals surface area contributed by atoms with Crippen molar-refractivity contribution < 1.29 is 28.5 Å². The first kappa shape index (κ1) is 27.7. The maximum atomic E-state index is 2.47.